The number of carbonyl (C=O) groups is 1. The van der Waals surface area contributed by atoms with Crippen LogP contribution in [0.5, 0.6) is 0 Å². The maximum atomic E-state index is 12.6. The Kier molecular flexibility index (Phi) is 6.32. The number of anilines is 2. The van der Waals surface area contributed by atoms with E-state index in [0.717, 1.165) is 0 Å². The normalized spacial score (nSPS) is 10.6. The monoisotopic (exact) mass is 362 g/mol. The lowest BCUT2D eigenvalue weighted by Gasteiger charge is -2.14. The number of para-hydroxylation sites is 1. The third kappa shape index (κ3) is 5.17. The quantitative estimate of drug-likeness (QED) is 0.581. The molecule has 0 heterocycles. The van der Waals surface area contributed by atoms with Crippen molar-refractivity contribution in [2.24, 2.45) is 0 Å². The van der Waals surface area contributed by atoms with E-state index in [4.69, 9.17) is 11.6 Å². The number of hydrogen-bond acceptors (Lipinski definition) is 5. The fraction of sp³-hybridized carbons (Fsp3) is 0.235. The van der Waals surface area contributed by atoms with E-state index < -0.39 is 10.8 Å². The third-order valence-electron chi connectivity index (χ3n) is 3.45. The van der Waals surface area contributed by atoms with E-state index in [1.807, 2.05) is 19.0 Å². The molecule has 0 aliphatic carbocycles. The van der Waals surface area contributed by atoms with E-state index in [9.17, 15) is 14.9 Å². The van der Waals surface area contributed by atoms with Gasteiger partial charge >= 0.3 is 0 Å². The number of rotatable bonds is 7. The van der Waals surface area contributed by atoms with Crippen LogP contribution >= 0.6 is 11.6 Å². The van der Waals surface area contributed by atoms with Crippen molar-refractivity contribution < 1.29 is 9.72 Å². The van der Waals surface area contributed by atoms with E-state index in [1.54, 1.807) is 30.3 Å². The number of nitro benzene ring substituents is 1. The van der Waals surface area contributed by atoms with Gasteiger partial charge in [0.25, 0.3) is 11.6 Å². The molecule has 2 N–H and O–H groups in total. The zero-order chi connectivity index (χ0) is 18.4. The third-order valence-corrected chi connectivity index (χ3v) is 3.70. The molecule has 0 radical (unpaired) electrons. The molecular weight excluding hydrogens is 344 g/mol. The van der Waals surface area contributed by atoms with Crippen LogP contribution in [0.3, 0.4) is 0 Å². The number of nitrogens with zero attached hydrogens (tertiary/aromatic N) is 2. The summed E-state index contributed by atoms with van der Waals surface area (Å²) in [6.45, 7) is 1.14. The average Bonchev–Trinajstić information content (AvgIpc) is 2.56. The Balaban J connectivity index is 2.28. The van der Waals surface area contributed by atoms with Gasteiger partial charge in [-0.3, -0.25) is 14.9 Å². The summed E-state index contributed by atoms with van der Waals surface area (Å²) >= 11 is 5.83. The topological polar surface area (TPSA) is 87.5 Å². The van der Waals surface area contributed by atoms with Crippen molar-refractivity contribution >= 4 is 34.6 Å². The first-order valence-electron chi connectivity index (χ1n) is 7.61. The Morgan fingerprint density at radius 1 is 1.20 bits per heavy atom. The molecule has 0 aromatic heterocycles. The van der Waals surface area contributed by atoms with Crippen LogP contribution in [0.1, 0.15) is 10.4 Å². The Morgan fingerprint density at radius 2 is 1.88 bits per heavy atom. The summed E-state index contributed by atoms with van der Waals surface area (Å²) in [4.78, 5) is 25.3. The second-order valence-corrected chi connectivity index (χ2v) is 6.08. The standard InChI is InChI=1S/C17H19ClN4O3/c1-21(2)11-10-19-16-14(4-3-5-15(16)22(24)25)17(23)20-13-8-6-12(18)7-9-13/h3-9,19H,10-11H2,1-2H3,(H,20,23). The van der Waals surface area contributed by atoms with Crippen LogP contribution in [0.4, 0.5) is 17.1 Å². The minimum absolute atomic E-state index is 0.137. The van der Waals surface area contributed by atoms with Crippen LogP contribution in [0.15, 0.2) is 42.5 Å². The molecule has 0 aliphatic heterocycles. The second-order valence-electron chi connectivity index (χ2n) is 5.65. The summed E-state index contributed by atoms with van der Waals surface area (Å²) in [5.41, 5.74) is 0.839. The molecule has 25 heavy (non-hydrogen) atoms. The molecule has 0 atom stereocenters. The largest absolute Gasteiger partial charge is 0.378 e. The minimum atomic E-state index is -0.503. The molecule has 0 fully saturated rings. The SMILES string of the molecule is CN(C)CCNc1c(C(=O)Nc2ccc(Cl)cc2)cccc1[N+](=O)[O-]. The fourth-order valence-electron chi connectivity index (χ4n) is 2.20. The van der Waals surface area contributed by atoms with Gasteiger partial charge in [0.1, 0.15) is 5.69 Å². The summed E-state index contributed by atoms with van der Waals surface area (Å²) in [5.74, 6) is -0.432. The Morgan fingerprint density at radius 3 is 2.48 bits per heavy atom. The predicted octanol–water partition coefficient (Wildman–Crippen LogP) is 3.47. The van der Waals surface area contributed by atoms with Gasteiger partial charge in [-0.1, -0.05) is 17.7 Å². The Labute approximate surface area is 150 Å². The zero-order valence-electron chi connectivity index (χ0n) is 14.0. The van der Waals surface area contributed by atoms with Crippen molar-refractivity contribution in [1.29, 1.82) is 0 Å². The minimum Gasteiger partial charge on any atom is -0.378 e. The molecule has 8 heteroatoms. The lowest BCUT2D eigenvalue weighted by atomic mass is 10.1. The van der Waals surface area contributed by atoms with Crippen LogP contribution < -0.4 is 10.6 Å². The van der Waals surface area contributed by atoms with Gasteiger partial charge in [-0.15, -0.1) is 0 Å². The number of halogens is 1. The summed E-state index contributed by atoms with van der Waals surface area (Å²) in [6.07, 6.45) is 0. The average molecular weight is 363 g/mol. The number of nitro groups is 1. The predicted molar refractivity (Wildman–Crippen MR) is 99.5 cm³/mol. The van der Waals surface area contributed by atoms with Crippen LogP contribution in [0.25, 0.3) is 0 Å². The molecule has 2 aromatic carbocycles. The Hall–Kier alpha value is -2.64. The van der Waals surface area contributed by atoms with Gasteiger partial charge in [-0.25, -0.2) is 0 Å². The lowest BCUT2D eigenvalue weighted by Crippen LogP contribution is -2.23. The number of hydrogen-bond donors (Lipinski definition) is 2. The van der Waals surface area contributed by atoms with E-state index >= 15 is 0 Å². The maximum Gasteiger partial charge on any atom is 0.293 e. The molecule has 0 bridgehead atoms. The van der Waals surface area contributed by atoms with Crippen molar-refractivity contribution in [1.82, 2.24) is 4.90 Å². The molecule has 0 spiro atoms. The first kappa shape index (κ1) is 18.7. The highest BCUT2D eigenvalue weighted by atomic mass is 35.5. The van der Waals surface area contributed by atoms with Crippen LogP contribution in [-0.4, -0.2) is 42.9 Å². The van der Waals surface area contributed by atoms with Crippen molar-refractivity contribution in [2.45, 2.75) is 0 Å². The summed E-state index contributed by atoms with van der Waals surface area (Å²) in [7, 11) is 3.80. The summed E-state index contributed by atoms with van der Waals surface area (Å²) < 4.78 is 0. The highest BCUT2D eigenvalue weighted by Gasteiger charge is 2.21. The van der Waals surface area contributed by atoms with Crippen molar-refractivity contribution in [3.63, 3.8) is 0 Å². The van der Waals surface area contributed by atoms with Gasteiger partial charge in [-0.2, -0.15) is 0 Å². The van der Waals surface area contributed by atoms with E-state index in [1.165, 1.54) is 12.1 Å². The number of likely N-dealkylation sites (N-methyl/N-ethyl adjacent to an activating group) is 1. The lowest BCUT2D eigenvalue weighted by molar-refractivity contribution is -0.384. The zero-order valence-corrected chi connectivity index (χ0v) is 14.7. The number of carbonyl (C=O) groups excluding carboxylic acids is 1. The second kappa shape index (κ2) is 8.46. The molecule has 2 rings (SSSR count). The highest BCUT2D eigenvalue weighted by molar-refractivity contribution is 6.30. The molecule has 0 saturated carbocycles. The summed E-state index contributed by atoms with van der Waals surface area (Å²) in [6, 6.07) is 11.1. The van der Waals surface area contributed by atoms with E-state index in [2.05, 4.69) is 10.6 Å². The number of amides is 1. The van der Waals surface area contributed by atoms with E-state index in [0.29, 0.717) is 23.8 Å². The van der Waals surface area contributed by atoms with Crippen LogP contribution in [0, 0.1) is 10.1 Å². The molecule has 0 unspecified atom stereocenters. The number of nitrogens with one attached hydrogen (secondary N) is 2. The molecule has 0 saturated heterocycles. The highest BCUT2D eigenvalue weighted by Crippen LogP contribution is 2.29. The van der Waals surface area contributed by atoms with Crippen molar-refractivity contribution in [3.05, 3.63) is 63.2 Å². The van der Waals surface area contributed by atoms with Gasteiger partial charge in [0.15, 0.2) is 0 Å². The van der Waals surface area contributed by atoms with E-state index in [-0.39, 0.29) is 16.9 Å². The van der Waals surface area contributed by atoms with Gasteiger partial charge in [0, 0.05) is 29.9 Å². The molecule has 7 nitrogen and oxygen atoms in total. The van der Waals surface area contributed by atoms with Crippen LogP contribution in [0.2, 0.25) is 5.02 Å². The first-order chi connectivity index (χ1) is 11.9. The van der Waals surface area contributed by atoms with Crippen molar-refractivity contribution in [2.75, 3.05) is 37.8 Å². The van der Waals surface area contributed by atoms with Gasteiger partial charge in [0.2, 0.25) is 0 Å². The van der Waals surface area contributed by atoms with Gasteiger partial charge < -0.3 is 15.5 Å². The summed E-state index contributed by atoms with van der Waals surface area (Å²) in [5, 5.41) is 17.6. The van der Waals surface area contributed by atoms with Crippen molar-refractivity contribution in [3.8, 4) is 0 Å². The molecule has 2 aromatic rings. The Bertz CT molecular complexity index is 763. The molecule has 0 aliphatic rings. The molecule has 132 valence electrons. The first-order valence-corrected chi connectivity index (χ1v) is 7.99. The van der Waals surface area contributed by atoms with Gasteiger partial charge in [0.05, 0.1) is 10.5 Å². The fourth-order valence-corrected chi connectivity index (χ4v) is 2.33. The van der Waals surface area contributed by atoms with Crippen LogP contribution in [-0.2, 0) is 0 Å². The maximum absolute atomic E-state index is 12.6. The van der Waals surface area contributed by atoms with Gasteiger partial charge in [-0.05, 0) is 44.4 Å². The molecular formula is C17H19ClN4O3. The number of benzene rings is 2. The molecule has 1 amide bonds. The smallest absolute Gasteiger partial charge is 0.293 e.